The standard InChI is InChI=1S/C13H16N4O/c14-8-9-1-2-11(15)12(7-9)17-5-3-10(4-6-17)13(16)18/h1-2,7,10H,3-6,15H2,(H2,16,18). The Morgan fingerprint density at radius 2 is 2.06 bits per heavy atom. The number of nitrogens with two attached hydrogens (primary N) is 2. The molecule has 5 nitrogen and oxygen atoms in total. The van der Waals surface area contributed by atoms with E-state index >= 15 is 0 Å². The molecule has 0 unspecified atom stereocenters. The van der Waals surface area contributed by atoms with Gasteiger partial charge in [-0.25, -0.2) is 0 Å². The molecule has 0 radical (unpaired) electrons. The summed E-state index contributed by atoms with van der Waals surface area (Å²) in [4.78, 5) is 13.2. The van der Waals surface area contributed by atoms with E-state index in [1.165, 1.54) is 0 Å². The van der Waals surface area contributed by atoms with Crippen molar-refractivity contribution in [3.05, 3.63) is 23.8 Å². The number of hydrogen-bond donors (Lipinski definition) is 2. The molecule has 4 N–H and O–H groups in total. The molecule has 2 rings (SSSR count). The molecule has 1 amide bonds. The molecule has 1 fully saturated rings. The van der Waals surface area contributed by atoms with Gasteiger partial charge in [0, 0.05) is 19.0 Å². The maximum absolute atomic E-state index is 11.1. The summed E-state index contributed by atoms with van der Waals surface area (Å²) in [5, 5.41) is 8.90. The zero-order chi connectivity index (χ0) is 13.1. The summed E-state index contributed by atoms with van der Waals surface area (Å²) in [5.74, 6) is -0.268. The number of primary amides is 1. The second kappa shape index (κ2) is 4.96. The molecule has 1 aromatic carbocycles. The molecule has 1 aliphatic heterocycles. The average Bonchev–Trinajstić information content (AvgIpc) is 2.39. The van der Waals surface area contributed by atoms with Crippen LogP contribution in [0.25, 0.3) is 0 Å². The SMILES string of the molecule is N#Cc1ccc(N)c(N2CCC(C(N)=O)CC2)c1. The Kier molecular flexibility index (Phi) is 3.38. The fourth-order valence-electron chi connectivity index (χ4n) is 2.29. The Labute approximate surface area is 106 Å². The van der Waals surface area contributed by atoms with Crippen molar-refractivity contribution in [2.75, 3.05) is 23.7 Å². The van der Waals surface area contributed by atoms with Crippen LogP contribution >= 0.6 is 0 Å². The maximum Gasteiger partial charge on any atom is 0.220 e. The van der Waals surface area contributed by atoms with Crippen molar-refractivity contribution >= 4 is 17.3 Å². The number of piperidine rings is 1. The van der Waals surface area contributed by atoms with Crippen LogP contribution in [0.15, 0.2) is 18.2 Å². The zero-order valence-electron chi connectivity index (χ0n) is 10.1. The zero-order valence-corrected chi connectivity index (χ0v) is 10.1. The largest absolute Gasteiger partial charge is 0.397 e. The summed E-state index contributed by atoms with van der Waals surface area (Å²) in [5.41, 5.74) is 13.4. The third-order valence-corrected chi connectivity index (χ3v) is 3.40. The summed E-state index contributed by atoms with van der Waals surface area (Å²) in [6.07, 6.45) is 1.48. The first-order valence-electron chi connectivity index (χ1n) is 5.95. The molecule has 1 saturated heterocycles. The van der Waals surface area contributed by atoms with Crippen molar-refractivity contribution < 1.29 is 4.79 Å². The topological polar surface area (TPSA) is 96.1 Å². The lowest BCUT2D eigenvalue weighted by molar-refractivity contribution is -0.122. The van der Waals surface area contributed by atoms with Gasteiger partial charge >= 0.3 is 0 Å². The van der Waals surface area contributed by atoms with Crippen LogP contribution in [0.1, 0.15) is 18.4 Å². The van der Waals surface area contributed by atoms with Gasteiger partial charge in [-0.3, -0.25) is 4.79 Å². The quantitative estimate of drug-likeness (QED) is 0.753. The molecule has 5 heteroatoms. The van der Waals surface area contributed by atoms with Gasteiger partial charge in [0.05, 0.1) is 23.0 Å². The van der Waals surface area contributed by atoms with Crippen LogP contribution in [0.2, 0.25) is 0 Å². The summed E-state index contributed by atoms with van der Waals surface area (Å²) in [6.45, 7) is 1.49. The number of carbonyl (C=O) groups excluding carboxylic acids is 1. The Bertz CT molecular complexity index is 498. The fraction of sp³-hybridized carbons (Fsp3) is 0.385. The Balaban J connectivity index is 2.14. The Morgan fingerprint density at radius 3 is 2.61 bits per heavy atom. The molecular formula is C13H16N4O. The van der Waals surface area contributed by atoms with E-state index < -0.39 is 0 Å². The molecular weight excluding hydrogens is 228 g/mol. The van der Waals surface area contributed by atoms with Crippen molar-refractivity contribution in [1.82, 2.24) is 0 Å². The minimum atomic E-state index is -0.228. The highest BCUT2D eigenvalue weighted by molar-refractivity contribution is 5.77. The third-order valence-electron chi connectivity index (χ3n) is 3.40. The van der Waals surface area contributed by atoms with Crippen LogP contribution in [0, 0.1) is 17.2 Å². The van der Waals surface area contributed by atoms with Gasteiger partial charge < -0.3 is 16.4 Å². The number of carbonyl (C=O) groups is 1. The van der Waals surface area contributed by atoms with Gasteiger partial charge in [0.2, 0.25) is 5.91 Å². The number of nitrogens with zero attached hydrogens (tertiary/aromatic N) is 2. The van der Waals surface area contributed by atoms with E-state index in [0.29, 0.717) is 11.3 Å². The number of rotatable bonds is 2. The second-order valence-electron chi connectivity index (χ2n) is 4.55. The molecule has 0 saturated carbocycles. The third kappa shape index (κ3) is 2.38. The highest BCUT2D eigenvalue weighted by atomic mass is 16.1. The van der Waals surface area contributed by atoms with Crippen LogP contribution in [0.5, 0.6) is 0 Å². The van der Waals surface area contributed by atoms with Crippen LogP contribution < -0.4 is 16.4 Å². The van der Waals surface area contributed by atoms with E-state index in [-0.39, 0.29) is 11.8 Å². The van der Waals surface area contributed by atoms with E-state index in [1.807, 2.05) is 0 Å². The number of nitrogen functional groups attached to an aromatic ring is 1. The highest BCUT2D eigenvalue weighted by Gasteiger charge is 2.24. The monoisotopic (exact) mass is 244 g/mol. The van der Waals surface area contributed by atoms with E-state index in [2.05, 4.69) is 11.0 Å². The minimum Gasteiger partial charge on any atom is -0.397 e. The van der Waals surface area contributed by atoms with E-state index in [4.69, 9.17) is 16.7 Å². The van der Waals surface area contributed by atoms with Crippen LogP contribution in [-0.4, -0.2) is 19.0 Å². The number of nitriles is 1. The van der Waals surface area contributed by atoms with Gasteiger partial charge in [0.1, 0.15) is 0 Å². The van der Waals surface area contributed by atoms with E-state index in [9.17, 15) is 4.79 Å². The fourth-order valence-corrected chi connectivity index (χ4v) is 2.29. The number of benzene rings is 1. The van der Waals surface area contributed by atoms with Gasteiger partial charge in [-0.2, -0.15) is 5.26 Å². The molecule has 1 aromatic rings. The Hall–Kier alpha value is -2.22. The van der Waals surface area contributed by atoms with E-state index in [1.54, 1.807) is 18.2 Å². The summed E-state index contributed by atoms with van der Waals surface area (Å²) < 4.78 is 0. The van der Waals surface area contributed by atoms with Crippen molar-refractivity contribution in [2.45, 2.75) is 12.8 Å². The van der Waals surface area contributed by atoms with Crippen molar-refractivity contribution in [3.63, 3.8) is 0 Å². The van der Waals surface area contributed by atoms with Crippen molar-refractivity contribution in [1.29, 1.82) is 5.26 Å². The first-order valence-corrected chi connectivity index (χ1v) is 5.95. The lowest BCUT2D eigenvalue weighted by atomic mass is 9.95. The summed E-state index contributed by atoms with van der Waals surface area (Å²) in [6, 6.07) is 7.34. The predicted molar refractivity (Wildman–Crippen MR) is 69.7 cm³/mol. The van der Waals surface area contributed by atoms with Crippen molar-refractivity contribution in [3.8, 4) is 6.07 Å². The number of amides is 1. The van der Waals surface area contributed by atoms with Gasteiger partial charge in [0.15, 0.2) is 0 Å². The van der Waals surface area contributed by atoms with Crippen LogP contribution in [-0.2, 0) is 4.79 Å². The molecule has 94 valence electrons. The molecule has 0 bridgehead atoms. The molecule has 0 atom stereocenters. The summed E-state index contributed by atoms with van der Waals surface area (Å²) in [7, 11) is 0. The second-order valence-corrected chi connectivity index (χ2v) is 4.55. The summed E-state index contributed by atoms with van der Waals surface area (Å²) >= 11 is 0. The lowest BCUT2D eigenvalue weighted by Crippen LogP contribution is -2.38. The lowest BCUT2D eigenvalue weighted by Gasteiger charge is -2.33. The maximum atomic E-state index is 11.1. The minimum absolute atomic E-state index is 0.0402. The van der Waals surface area contributed by atoms with Gasteiger partial charge in [-0.1, -0.05) is 0 Å². The number of hydrogen-bond acceptors (Lipinski definition) is 4. The smallest absolute Gasteiger partial charge is 0.220 e. The molecule has 18 heavy (non-hydrogen) atoms. The normalized spacial score (nSPS) is 16.3. The van der Waals surface area contributed by atoms with Gasteiger partial charge in [-0.15, -0.1) is 0 Å². The predicted octanol–water partition coefficient (Wildman–Crippen LogP) is 0.842. The molecule has 0 spiro atoms. The molecule has 1 heterocycles. The molecule has 0 aliphatic carbocycles. The molecule has 1 aliphatic rings. The van der Waals surface area contributed by atoms with Crippen LogP contribution in [0.4, 0.5) is 11.4 Å². The first kappa shape index (κ1) is 12.2. The van der Waals surface area contributed by atoms with E-state index in [0.717, 1.165) is 31.6 Å². The highest BCUT2D eigenvalue weighted by Crippen LogP contribution is 2.28. The van der Waals surface area contributed by atoms with Gasteiger partial charge in [0.25, 0.3) is 0 Å². The number of anilines is 2. The van der Waals surface area contributed by atoms with Crippen molar-refractivity contribution in [2.24, 2.45) is 11.7 Å². The van der Waals surface area contributed by atoms with Gasteiger partial charge in [-0.05, 0) is 31.0 Å². The van der Waals surface area contributed by atoms with Crippen LogP contribution in [0.3, 0.4) is 0 Å². The first-order chi connectivity index (χ1) is 8.61. The molecule has 0 aromatic heterocycles. The Morgan fingerprint density at radius 1 is 1.39 bits per heavy atom. The average molecular weight is 244 g/mol.